The average Bonchev–Trinajstić information content (AvgIpc) is 2.31. The minimum atomic E-state index is -0.681. The topological polar surface area (TPSA) is 60.8 Å². The quantitative estimate of drug-likeness (QED) is 0.805. The molecule has 0 spiro atoms. The zero-order valence-corrected chi connectivity index (χ0v) is 11.1. The minimum absolute atomic E-state index is 0.304. The summed E-state index contributed by atoms with van der Waals surface area (Å²) in [7, 11) is 0. The van der Waals surface area contributed by atoms with Gasteiger partial charge in [-0.2, -0.15) is 0 Å². The first-order valence-electron chi connectivity index (χ1n) is 7.24. The third-order valence-electron chi connectivity index (χ3n) is 4.47. The molecule has 1 aliphatic carbocycles. The van der Waals surface area contributed by atoms with Gasteiger partial charge in [0.2, 0.25) is 0 Å². The van der Waals surface area contributed by atoms with Crippen LogP contribution in [0.25, 0.3) is 0 Å². The zero-order valence-electron chi connectivity index (χ0n) is 11.1. The first-order valence-corrected chi connectivity index (χ1v) is 7.24. The molecule has 0 unspecified atom stereocenters. The van der Waals surface area contributed by atoms with E-state index >= 15 is 0 Å². The second-order valence-corrected chi connectivity index (χ2v) is 6.10. The van der Waals surface area contributed by atoms with E-state index in [0.717, 1.165) is 58.2 Å². The molecule has 4 nitrogen and oxygen atoms in total. The number of aliphatic hydroxyl groups is 1. The number of carboxylic acids is 1. The standard InChI is InChI=1S/C14H25NO3/c16-13(17)10-12-4-8-15(9-5-12)11-14(18)6-2-1-3-7-14/h12,18H,1-11H2,(H,16,17). The first-order chi connectivity index (χ1) is 8.57. The van der Waals surface area contributed by atoms with Crippen LogP contribution in [-0.2, 0) is 4.79 Å². The van der Waals surface area contributed by atoms with Gasteiger partial charge >= 0.3 is 5.97 Å². The molecular weight excluding hydrogens is 230 g/mol. The van der Waals surface area contributed by atoms with Crippen LogP contribution in [0.15, 0.2) is 0 Å². The van der Waals surface area contributed by atoms with E-state index in [1.165, 1.54) is 6.42 Å². The molecule has 0 aromatic heterocycles. The van der Waals surface area contributed by atoms with Gasteiger partial charge in [-0.05, 0) is 44.7 Å². The van der Waals surface area contributed by atoms with Gasteiger partial charge in [0.1, 0.15) is 0 Å². The highest BCUT2D eigenvalue weighted by Crippen LogP contribution is 2.30. The zero-order chi connectivity index (χ0) is 13.0. The van der Waals surface area contributed by atoms with Crippen LogP contribution in [-0.4, -0.2) is 46.3 Å². The van der Waals surface area contributed by atoms with Crippen molar-refractivity contribution in [1.29, 1.82) is 0 Å². The Bertz CT molecular complexity index is 279. The lowest BCUT2D eigenvalue weighted by atomic mass is 9.83. The molecule has 0 atom stereocenters. The third-order valence-corrected chi connectivity index (χ3v) is 4.47. The summed E-state index contributed by atoms with van der Waals surface area (Å²) in [6.07, 6.45) is 7.63. The van der Waals surface area contributed by atoms with Gasteiger partial charge in [0.05, 0.1) is 5.60 Å². The molecule has 2 rings (SSSR count). The van der Waals surface area contributed by atoms with Crippen LogP contribution in [0.1, 0.15) is 51.4 Å². The summed E-state index contributed by atoms with van der Waals surface area (Å²) in [5.74, 6) is -0.348. The average molecular weight is 255 g/mol. The lowest BCUT2D eigenvalue weighted by Gasteiger charge is -2.39. The molecule has 1 aliphatic heterocycles. The van der Waals surface area contributed by atoms with Gasteiger partial charge in [-0.15, -0.1) is 0 Å². The Hall–Kier alpha value is -0.610. The second-order valence-electron chi connectivity index (χ2n) is 6.10. The molecule has 2 N–H and O–H groups in total. The summed E-state index contributed by atoms with van der Waals surface area (Å²) >= 11 is 0. The number of carbonyl (C=O) groups is 1. The Balaban J connectivity index is 1.74. The highest BCUT2D eigenvalue weighted by molar-refractivity contribution is 5.67. The number of hydrogen-bond donors (Lipinski definition) is 2. The van der Waals surface area contributed by atoms with Crippen molar-refractivity contribution in [3.8, 4) is 0 Å². The van der Waals surface area contributed by atoms with Gasteiger partial charge < -0.3 is 15.1 Å². The van der Waals surface area contributed by atoms with Gasteiger partial charge in [0.25, 0.3) is 0 Å². The number of hydrogen-bond acceptors (Lipinski definition) is 3. The maximum Gasteiger partial charge on any atom is 0.303 e. The van der Waals surface area contributed by atoms with Crippen LogP contribution in [0.5, 0.6) is 0 Å². The Kier molecular flexibility index (Phi) is 4.62. The lowest BCUT2D eigenvalue weighted by Crippen LogP contribution is -2.47. The van der Waals surface area contributed by atoms with E-state index in [1.807, 2.05) is 0 Å². The fourth-order valence-corrected chi connectivity index (χ4v) is 3.38. The second kappa shape index (κ2) is 6.02. The molecule has 0 amide bonds. The Morgan fingerprint density at radius 2 is 1.78 bits per heavy atom. The van der Waals surface area contributed by atoms with E-state index in [0.29, 0.717) is 12.3 Å². The molecule has 0 aromatic rings. The normalized spacial score (nSPS) is 26.1. The van der Waals surface area contributed by atoms with Gasteiger partial charge in [-0.1, -0.05) is 19.3 Å². The third kappa shape index (κ3) is 3.95. The van der Waals surface area contributed by atoms with Gasteiger partial charge in [0.15, 0.2) is 0 Å². The van der Waals surface area contributed by atoms with Crippen LogP contribution >= 0.6 is 0 Å². The van der Waals surface area contributed by atoms with E-state index < -0.39 is 11.6 Å². The van der Waals surface area contributed by atoms with Gasteiger partial charge in [0, 0.05) is 13.0 Å². The predicted molar refractivity (Wildman–Crippen MR) is 69.5 cm³/mol. The molecule has 0 aromatic carbocycles. The molecule has 104 valence electrons. The fourth-order valence-electron chi connectivity index (χ4n) is 3.38. The molecule has 0 radical (unpaired) electrons. The summed E-state index contributed by atoms with van der Waals surface area (Å²) in [5.41, 5.74) is -0.474. The maximum absolute atomic E-state index is 10.7. The smallest absolute Gasteiger partial charge is 0.303 e. The number of aliphatic carboxylic acids is 1. The highest BCUT2D eigenvalue weighted by atomic mass is 16.4. The van der Waals surface area contributed by atoms with Crippen molar-refractivity contribution < 1.29 is 15.0 Å². The van der Waals surface area contributed by atoms with Gasteiger partial charge in [-0.25, -0.2) is 0 Å². The van der Waals surface area contributed by atoms with E-state index in [2.05, 4.69) is 4.90 Å². The van der Waals surface area contributed by atoms with Crippen molar-refractivity contribution in [2.24, 2.45) is 5.92 Å². The fraction of sp³-hybridized carbons (Fsp3) is 0.929. The van der Waals surface area contributed by atoms with E-state index in [4.69, 9.17) is 5.11 Å². The molecule has 1 saturated carbocycles. The van der Waals surface area contributed by atoms with Crippen LogP contribution < -0.4 is 0 Å². The summed E-state index contributed by atoms with van der Waals surface area (Å²) < 4.78 is 0. The van der Waals surface area contributed by atoms with Crippen molar-refractivity contribution in [3.63, 3.8) is 0 Å². The van der Waals surface area contributed by atoms with Crippen LogP contribution in [0.2, 0.25) is 0 Å². The number of rotatable bonds is 4. The van der Waals surface area contributed by atoms with Crippen LogP contribution in [0.3, 0.4) is 0 Å². The lowest BCUT2D eigenvalue weighted by molar-refractivity contribution is -0.138. The number of nitrogens with zero attached hydrogens (tertiary/aromatic N) is 1. The highest BCUT2D eigenvalue weighted by Gasteiger charge is 2.32. The summed E-state index contributed by atoms with van der Waals surface area (Å²) in [6.45, 7) is 2.67. The van der Waals surface area contributed by atoms with Crippen molar-refractivity contribution in [2.45, 2.75) is 57.0 Å². The Labute approximate surface area is 109 Å². The molecule has 1 heterocycles. The number of piperidine rings is 1. The van der Waals surface area contributed by atoms with Crippen molar-refractivity contribution in [1.82, 2.24) is 4.90 Å². The van der Waals surface area contributed by atoms with Gasteiger partial charge in [-0.3, -0.25) is 4.79 Å². The van der Waals surface area contributed by atoms with Crippen molar-refractivity contribution in [3.05, 3.63) is 0 Å². The number of carboxylic acid groups (broad SMARTS) is 1. The van der Waals surface area contributed by atoms with E-state index in [-0.39, 0.29) is 0 Å². The summed E-state index contributed by atoms with van der Waals surface area (Å²) in [4.78, 5) is 13.0. The van der Waals surface area contributed by atoms with E-state index in [1.54, 1.807) is 0 Å². The van der Waals surface area contributed by atoms with Crippen LogP contribution in [0, 0.1) is 5.92 Å². The first kappa shape index (κ1) is 13.8. The molecule has 2 fully saturated rings. The van der Waals surface area contributed by atoms with E-state index in [9.17, 15) is 9.90 Å². The van der Waals surface area contributed by atoms with Crippen molar-refractivity contribution in [2.75, 3.05) is 19.6 Å². The molecule has 4 heteroatoms. The molecule has 2 aliphatic rings. The number of β-amino-alcohol motifs (C(OH)–C–C–N with tert-alkyl or cyclic N) is 1. The Morgan fingerprint density at radius 3 is 2.33 bits per heavy atom. The predicted octanol–water partition coefficient (Wildman–Crippen LogP) is 1.87. The SMILES string of the molecule is O=C(O)CC1CCN(CC2(O)CCCCC2)CC1. The minimum Gasteiger partial charge on any atom is -0.481 e. The van der Waals surface area contributed by atoms with Crippen LogP contribution in [0.4, 0.5) is 0 Å². The monoisotopic (exact) mass is 255 g/mol. The molecular formula is C14H25NO3. The number of likely N-dealkylation sites (tertiary alicyclic amines) is 1. The van der Waals surface area contributed by atoms with Crippen molar-refractivity contribution >= 4 is 5.97 Å². The summed E-state index contributed by atoms with van der Waals surface area (Å²) in [6, 6.07) is 0. The largest absolute Gasteiger partial charge is 0.481 e. The Morgan fingerprint density at radius 1 is 1.17 bits per heavy atom. The molecule has 18 heavy (non-hydrogen) atoms. The molecule has 0 bridgehead atoms. The molecule has 1 saturated heterocycles. The maximum atomic E-state index is 10.7. The summed E-state index contributed by atoms with van der Waals surface area (Å²) in [5, 5.41) is 19.3.